The van der Waals surface area contributed by atoms with Crippen molar-refractivity contribution in [1.29, 1.82) is 0 Å². The fourth-order valence-electron chi connectivity index (χ4n) is 7.69. The summed E-state index contributed by atoms with van der Waals surface area (Å²) >= 11 is 0. The first-order chi connectivity index (χ1) is 25.7. The zero-order valence-electron chi connectivity index (χ0n) is 27.7. The van der Waals surface area contributed by atoms with Gasteiger partial charge in [-0.3, -0.25) is 0 Å². The number of fused-ring (bicyclic) bond motifs is 9. The third kappa shape index (κ3) is 4.46. The van der Waals surface area contributed by atoms with Crippen LogP contribution in [0, 0.1) is 0 Å². The summed E-state index contributed by atoms with van der Waals surface area (Å²) in [6.45, 7) is 0. The van der Waals surface area contributed by atoms with Gasteiger partial charge >= 0.3 is 0 Å². The standard InChI is InChI=1S/C47H27N3O2/c1-2-11-29(12-3-1)45-48-46(32-22-24-34-30(26-32)21-20-28-10-4-5-13-33(28)34)50-47(49-45)37-16-9-19-42-44(37)38-27-31(23-25-40(38)52-42)35-15-8-18-41-43(35)36-14-6-7-17-39(36)51-41/h1-27H. The van der Waals surface area contributed by atoms with Crippen LogP contribution in [0.2, 0.25) is 0 Å². The second-order valence-corrected chi connectivity index (χ2v) is 13.2. The minimum Gasteiger partial charge on any atom is -0.456 e. The van der Waals surface area contributed by atoms with Crippen molar-refractivity contribution in [2.24, 2.45) is 0 Å². The van der Waals surface area contributed by atoms with Crippen LogP contribution in [0.25, 0.3) is 111 Å². The Hall–Kier alpha value is -7.11. The number of para-hydroxylation sites is 1. The summed E-state index contributed by atoms with van der Waals surface area (Å²) in [5.41, 5.74) is 8.23. The van der Waals surface area contributed by atoms with Crippen molar-refractivity contribution in [3.63, 3.8) is 0 Å². The molecule has 242 valence electrons. The van der Waals surface area contributed by atoms with E-state index in [2.05, 4.69) is 103 Å². The third-order valence-electron chi connectivity index (χ3n) is 10.1. The Kier molecular flexibility index (Phi) is 6.18. The lowest BCUT2D eigenvalue weighted by Gasteiger charge is -2.10. The number of nitrogens with zero attached hydrogens (tertiary/aromatic N) is 3. The Morgan fingerprint density at radius 2 is 0.904 bits per heavy atom. The topological polar surface area (TPSA) is 65.0 Å². The molecule has 5 nitrogen and oxygen atoms in total. The molecular formula is C47H27N3O2. The van der Waals surface area contributed by atoms with E-state index in [9.17, 15) is 0 Å². The summed E-state index contributed by atoms with van der Waals surface area (Å²) in [6.07, 6.45) is 0. The van der Waals surface area contributed by atoms with Gasteiger partial charge in [0.15, 0.2) is 17.5 Å². The number of benzene rings is 8. The quantitative estimate of drug-likeness (QED) is 0.175. The van der Waals surface area contributed by atoms with Gasteiger partial charge in [0.2, 0.25) is 0 Å². The van der Waals surface area contributed by atoms with Crippen molar-refractivity contribution >= 4 is 65.4 Å². The summed E-state index contributed by atoms with van der Waals surface area (Å²) in [5, 5.41) is 8.93. The van der Waals surface area contributed by atoms with Crippen LogP contribution in [0.3, 0.4) is 0 Å². The van der Waals surface area contributed by atoms with Crippen molar-refractivity contribution in [2.45, 2.75) is 0 Å². The van der Waals surface area contributed by atoms with E-state index in [1.54, 1.807) is 0 Å². The lowest BCUT2D eigenvalue weighted by atomic mass is 9.97. The largest absolute Gasteiger partial charge is 0.456 e. The maximum absolute atomic E-state index is 6.47. The number of rotatable bonds is 4. The van der Waals surface area contributed by atoms with Crippen LogP contribution >= 0.6 is 0 Å². The van der Waals surface area contributed by atoms with E-state index >= 15 is 0 Å². The maximum atomic E-state index is 6.47. The predicted octanol–water partition coefficient (Wildman–Crippen LogP) is 12.6. The molecule has 3 aromatic heterocycles. The first-order valence-corrected chi connectivity index (χ1v) is 17.3. The highest BCUT2D eigenvalue weighted by atomic mass is 16.3. The summed E-state index contributed by atoms with van der Waals surface area (Å²) in [5.74, 6) is 1.82. The Balaban J connectivity index is 1.13. The zero-order valence-corrected chi connectivity index (χ0v) is 27.7. The molecule has 0 aliphatic heterocycles. The SMILES string of the molecule is c1ccc(-c2nc(-c3ccc4c(ccc5ccccc54)c3)nc(-c3cccc4oc5ccc(-c6cccc7oc8ccccc8c67)cc5c34)n2)cc1. The van der Waals surface area contributed by atoms with Crippen LogP contribution in [0.5, 0.6) is 0 Å². The van der Waals surface area contributed by atoms with Gasteiger partial charge in [0.1, 0.15) is 22.3 Å². The Bertz CT molecular complexity index is 3190. The molecule has 0 saturated heterocycles. The van der Waals surface area contributed by atoms with E-state index in [1.165, 1.54) is 16.2 Å². The minimum absolute atomic E-state index is 0.587. The number of hydrogen-bond acceptors (Lipinski definition) is 5. The average Bonchev–Trinajstić information content (AvgIpc) is 3.79. The van der Waals surface area contributed by atoms with Gasteiger partial charge in [-0.15, -0.1) is 0 Å². The first kappa shape index (κ1) is 28.7. The molecule has 0 saturated carbocycles. The van der Waals surface area contributed by atoms with E-state index in [0.717, 1.165) is 77.1 Å². The molecule has 3 heterocycles. The summed E-state index contributed by atoms with van der Waals surface area (Å²) in [4.78, 5) is 15.3. The molecule has 0 radical (unpaired) electrons. The van der Waals surface area contributed by atoms with Crippen LogP contribution < -0.4 is 0 Å². The fourth-order valence-corrected chi connectivity index (χ4v) is 7.69. The van der Waals surface area contributed by atoms with Crippen LogP contribution in [0.4, 0.5) is 0 Å². The van der Waals surface area contributed by atoms with E-state index in [1.807, 2.05) is 60.7 Å². The van der Waals surface area contributed by atoms with Gasteiger partial charge in [-0.05, 0) is 69.1 Å². The maximum Gasteiger partial charge on any atom is 0.164 e. The smallest absolute Gasteiger partial charge is 0.164 e. The monoisotopic (exact) mass is 665 g/mol. The van der Waals surface area contributed by atoms with Gasteiger partial charge in [-0.2, -0.15) is 0 Å². The molecule has 0 atom stereocenters. The number of aromatic nitrogens is 3. The van der Waals surface area contributed by atoms with E-state index in [4.69, 9.17) is 23.8 Å². The zero-order chi connectivity index (χ0) is 34.2. The fraction of sp³-hybridized carbons (Fsp3) is 0. The molecule has 0 aliphatic carbocycles. The van der Waals surface area contributed by atoms with Crippen molar-refractivity contribution in [3.8, 4) is 45.3 Å². The second-order valence-electron chi connectivity index (χ2n) is 13.2. The molecule has 0 aliphatic rings. The van der Waals surface area contributed by atoms with Gasteiger partial charge in [0.25, 0.3) is 0 Å². The normalized spacial score (nSPS) is 11.8. The van der Waals surface area contributed by atoms with Crippen LogP contribution in [-0.4, -0.2) is 15.0 Å². The molecule has 0 N–H and O–H groups in total. The van der Waals surface area contributed by atoms with Gasteiger partial charge < -0.3 is 8.83 Å². The molecule has 0 fully saturated rings. The molecule has 0 bridgehead atoms. The molecule has 0 unspecified atom stereocenters. The number of hydrogen-bond donors (Lipinski definition) is 0. The van der Waals surface area contributed by atoms with Gasteiger partial charge in [0, 0.05) is 38.2 Å². The van der Waals surface area contributed by atoms with Crippen molar-refractivity contribution < 1.29 is 8.83 Å². The highest BCUT2D eigenvalue weighted by Crippen LogP contribution is 2.41. The lowest BCUT2D eigenvalue weighted by Crippen LogP contribution is -2.00. The van der Waals surface area contributed by atoms with Crippen molar-refractivity contribution in [3.05, 3.63) is 164 Å². The molecule has 11 aromatic rings. The van der Waals surface area contributed by atoms with Crippen molar-refractivity contribution in [2.75, 3.05) is 0 Å². The van der Waals surface area contributed by atoms with Crippen molar-refractivity contribution in [1.82, 2.24) is 15.0 Å². The van der Waals surface area contributed by atoms with Gasteiger partial charge in [0.05, 0.1) is 0 Å². The molecule has 5 heteroatoms. The minimum atomic E-state index is 0.587. The van der Waals surface area contributed by atoms with Gasteiger partial charge in [-0.25, -0.2) is 15.0 Å². The van der Waals surface area contributed by atoms with Crippen LogP contribution in [0.15, 0.2) is 173 Å². The first-order valence-electron chi connectivity index (χ1n) is 17.3. The predicted molar refractivity (Wildman–Crippen MR) is 211 cm³/mol. The Labute approximate surface area is 297 Å². The molecule has 0 amide bonds. The molecule has 8 aromatic carbocycles. The molecule has 0 spiro atoms. The highest BCUT2D eigenvalue weighted by Gasteiger charge is 2.20. The van der Waals surface area contributed by atoms with Crippen LogP contribution in [0.1, 0.15) is 0 Å². The molecular weight excluding hydrogens is 639 g/mol. The summed E-state index contributed by atoms with van der Waals surface area (Å²) in [7, 11) is 0. The Morgan fingerprint density at radius 3 is 1.75 bits per heavy atom. The summed E-state index contributed by atoms with van der Waals surface area (Å²) in [6, 6.07) is 56.3. The third-order valence-corrected chi connectivity index (χ3v) is 10.1. The second kappa shape index (κ2) is 11.2. The molecule has 11 rings (SSSR count). The molecule has 52 heavy (non-hydrogen) atoms. The highest BCUT2D eigenvalue weighted by molar-refractivity contribution is 6.16. The van der Waals surface area contributed by atoms with E-state index < -0.39 is 0 Å². The van der Waals surface area contributed by atoms with E-state index in [0.29, 0.717) is 17.5 Å². The van der Waals surface area contributed by atoms with Crippen LogP contribution in [-0.2, 0) is 0 Å². The van der Waals surface area contributed by atoms with Gasteiger partial charge in [-0.1, -0.05) is 127 Å². The number of furan rings is 2. The Morgan fingerprint density at radius 1 is 0.308 bits per heavy atom. The lowest BCUT2D eigenvalue weighted by molar-refractivity contribution is 0.669. The van der Waals surface area contributed by atoms with E-state index in [-0.39, 0.29) is 0 Å². The average molecular weight is 666 g/mol. The summed E-state index contributed by atoms with van der Waals surface area (Å²) < 4.78 is 12.7.